The van der Waals surface area contributed by atoms with Crippen LogP contribution in [0, 0.1) is 0 Å². The van der Waals surface area contributed by atoms with E-state index in [1.807, 2.05) is 6.20 Å². The van der Waals surface area contributed by atoms with E-state index < -0.39 is 0 Å². The highest BCUT2D eigenvalue weighted by atomic mass is 15.0. The summed E-state index contributed by atoms with van der Waals surface area (Å²) in [7, 11) is 0. The lowest BCUT2D eigenvalue weighted by atomic mass is 10.1. The molecule has 2 rings (SSSR count). The van der Waals surface area contributed by atoms with Gasteiger partial charge in [-0.1, -0.05) is 12.2 Å². The van der Waals surface area contributed by atoms with E-state index in [2.05, 4.69) is 28.9 Å². The zero-order valence-electron chi connectivity index (χ0n) is 5.72. The van der Waals surface area contributed by atoms with E-state index in [4.69, 9.17) is 0 Å². The molecule has 0 saturated heterocycles. The molecule has 0 radical (unpaired) electrons. The first kappa shape index (κ1) is 5.59. The summed E-state index contributed by atoms with van der Waals surface area (Å²) in [6.45, 7) is 0.967. The van der Waals surface area contributed by atoms with Crippen LogP contribution in [0.15, 0.2) is 35.8 Å². The van der Waals surface area contributed by atoms with Crippen molar-refractivity contribution in [3.8, 4) is 0 Å². The number of dihydropyridines is 2. The molecule has 2 aliphatic heterocycles. The molecule has 0 unspecified atom stereocenters. The highest BCUT2D eigenvalue weighted by Gasteiger charge is 2.06. The van der Waals surface area contributed by atoms with Gasteiger partial charge in [-0.25, -0.2) is 0 Å². The van der Waals surface area contributed by atoms with Crippen LogP contribution >= 0.6 is 0 Å². The molecule has 2 heterocycles. The van der Waals surface area contributed by atoms with Crippen LogP contribution in [0.25, 0.3) is 0 Å². The maximum Gasteiger partial charge on any atom is 0.0573 e. The second-order valence-electron chi connectivity index (χ2n) is 2.43. The van der Waals surface area contributed by atoms with E-state index >= 15 is 0 Å². The van der Waals surface area contributed by atoms with Gasteiger partial charge in [-0.15, -0.1) is 0 Å². The fourth-order valence-electron chi connectivity index (χ4n) is 1.20. The van der Waals surface area contributed by atoms with Crippen molar-refractivity contribution in [1.29, 1.82) is 0 Å². The van der Waals surface area contributed by atoms with Crippen molar-refractivity contribution < 1.29 is 0 Å². The average molecular weight is 134 g/mol. The summed E-state index contributed by atoms with van der Waals surface area (Å²) in [4.78, 5) is 0. The molecule has 2 aliphatic rings. The van der Waals surface area contributed by atoms with E-state index in [9.17, 15) is 0 Å². The Morgan fingerprint density at radius 3 is 3.20 bits per heavy atom. The number of nitrogens with one attached hydrogen (secondary N) is 2. The van der Waals surface area contributed by atoms with E-state index in [1.54, 1.807) is 0 Å². The molecule has 0 saturated carbocycles. The molecule has 2 N–H and O–H groups in total. The van der Waals surface area contributed by atoms with Crippen molar-refractivity contribution in [3.05, 3.63) is 35.8 Å². The van der Waals surface area contributed by atoms with Gasteiger partial charge < -0.3 is 10.6 Å². The molecule has 0 spiro atoms. The highest BCUT2D eigenvalue weighted by Crippen LogP contribution is 2.12. The first-order valence-electron chi connectivity index (χ1n) is 3.52. The van der Waals surface area contributed by atoms with E-state index in [-0.39, 0.29) is 0 Å². The molecular weight excluding hydrogens is 124 g/mol. The molecule has 52 valence electrons. The molecule has 0 aromatic carbocycles. The number of rotatable bonds is 0. The van der Waals surface area contributed by atoms with Crippen LogP contribution in [0.3, 0.4) is 0 Å². The maximum absolute atomic E-state index is 3.30. The van der Waals surface area contributed by atoms with Gasteiger partial charge in [0, 0.05) is 18.7 Å². The fourth-order valence-corrected chi connectivity index (χ4v) is 1.20. The molecule has 0 aromatic rings. The van der Waals surface area contributed by atoms with Crippen LogP contribution in [-0.2, 0) is 0 Å². The van der Waals surface area contributed by atoms with Gasteiger partial charge in [0.25, 0.3) is 0 Å². The maximum atomic E-state index is 3.30. The molecule has 0 atom stereocenters. The van der Waals surface area contributed by atoms with Crippen LogP contribution in [0.1, 0.15) is 6.42 Å². The van der Waals surface area contributed by atoms with Gasteiger partial charge in [-0.05, 0) is 12.3 Å². The van der Waals surface area contributed by atoms with Gasteiger partial charge in [-0.3, -0.25) is 0 Å². The second-order valence-corrected chi connectivity index (χ2v) is 2.43. The Morgan fingerprint density at radius 2 is 2.30 bits per heavy atom. The van der Waals surface area contributed by atoms with E-state index in [0.29, 0.717) is 0 Å². The van der Waals surface area contributed by atoms with Gasteiger partial charge in [0.05, 0.1) is 5.70 Å². The smallest absolute Gasteiger partial charge is 0.0573 e. The van der Waals surface area contributed by atoms with Crippen molar-refractivity contribution in [2.75, 3.05) is 6.54 Å². The minimum Gasteiger partial charge on any atom is -0.383 e. The minimum absolute atomic E-state index is 0.967. The summed E-state index contributed by atoms with van der Waals surface area (Å²) in [5.41, 5.74) is 2.53. The van der Waals surface area contributed by atoms with Crippen molar-refractivity contribution >= 4 is 0 Å². The van der Waals surface area contributed by atoms with Crippen LogP contribution < -0.4 is 10.6 Å². The van der Waals surface area contributed by atoms with Crippen molar-refractivity contribution in [1.82, 2.24) is 10.6 Å². The third kappa shape index (κ3) is 0.817. The summed E-state index contributed by atoms with van der Waals surface area (Å²) in [5.74, 6) is 0. The van der Waals surface area contributed by atoms with E-state index in [0.717, 1.165) is 13.0 Å². The van der Waals surface area contributed by atoms with Gasteiger partial charge >= 0.3 is 0 Å². The molecular formula is C8H10N2. The second kappa shape index (κ2) is 2.21. The first-order valence-corrected chi connectivity index (χ1v) is 3.52. The number of allylic oxidation sites excluding steroid dienone is 2. The van der Waals surface area contributed by atoms with Crippen molar-refractivity contribution in [2.24, 2.45) is 0 Å². The number of hydrogen-bond donors (Lipinski definition) is 2. The Bertz CT molecular complexity index is 223. The lowest BCUT2D eigenvalue weighted by molar-refractivity contribution is 0.796. The van der Waals surface area contributed by atoms with Crippen LogP contribution in [0.2, 0.25) is 0 Å². The van der Waals surface area contributed by atoms with E-state index in [1.165, 1.54) is 11.4 Å². The van der Waals surface area contributed by atoms with Crippen LogP contribution in [-0.4, -0.2) is 6.54 Å². The molecule has 0 fully saturated rings. The Morgan fingerprint density at radius 1 is 1.30 bits per heavy atom. The molecule has 0 aromatic heterocycles. The number of hydrogen-bond acceptors (Lipinski definition) is 2. The normalized spacial score (nSPS) is 21.6. The van der Waals surface area contributed by atoms with Crippen LogP contribution in [0.5, 0.6) is 0 Å². The monoisotopic (exact) mass is 134 g/mol. The topological polar surface area (TPSA) is 24.1 Å². The van der Waals surface area contributed by atoms with Gasteiger partial charge in [-0.2, -0.15) is 0 Å². The largest absolute Gasteiger partial charge is 0.383 e. The first-order chi connectivity index (χ1) is 4.97. The van der Waals surface area contributed by atoms with Gasteiger partial charge in [0.1, 0.15) is 0 Å². The lowest BCUT2D eigenvalue weighted by Gasteiger charge is -2.19. The summed E-state index contributed by atoms with van der Waals surface area (Å²) < 4.78 is 0. The van der Waals surface area contributed by atoms with Crippen molar-refractivity contribution in [3.63, 3.8) is 0 Å². The fraction of sp³-hybridized carbons (Fsp3) is 0.250. The Hall–Kier alpha value is -1.18. The molecule has 2 nitrogen and oxygen atoms in total. The van der Waals surface area contributed by atoms with Gasteiger partial charge in [0.2, 0.25) is 0 Å². The minimum atomic E-state index is 0.967. The zero-order chi connectivity index (χ0) is 6.81. The predicted octanol–water partition coefficient (Wildman–Crippen LogP) is 0.864. The summed E-state index contributed by atoms with van der Waals surface area (Å²) in [6.07, 6.45) is 9.37. The lowest BCUT2D eigenvalue weighted by Crippen LogP contribution is -2.24. The Balaban J connectivity index is 2.25. The SMILES string of the molecule is C1=CC2=C(CC=CN2)NC1. The third-order valence-corrected chi connectivity index (χ3v) is 1.72. The molecule has 0 aliphatic carbocycles. The molecule has 0 bridgehead atoms. The predicted molar refractivity (Wildman–Crippen MR) is 41.1 cm³/mol. The standard InChI is InChI=1S/C8H10N2/c1-3-7-8(9-5-1)4-2-6-10-7/h1-3,6,9-10H,4-5H2. The van der Waals surface area contributed by atoms with Gasteiger partial charge in [0.15, 0.2) is 0 Å². The average Bonchev–Trinajstić information content (AvgIpc) is 2.05. The quantitative estimate of drug-likeness (QED) is 0.513. The third-order valence-electron chi connectivity index (χ3n) is 1.72. The summed E-state index contributed by atoms with van der Waals surface area (Å²) >= 11 is 0. The van der Waals surface area contributed by atoms with Crippen LogP contribution in [0.4, 0.5) is 0 Å². The molecule has 0 amide bonds. The Labute approximate surface area is 60.3 Å². The summed E-state index contributed by atoms with van der Waals surface area (Å²) in [5, 5.41) is 6.47. The summed E-state index contributed by atoms with van der Waals surface area (Å²) in [6, 6.07) is 0. The Kier molecular flexibility index (Phi) is 1.24. The zero-order valence-corrected chi connectivity index (χ0v) is 5.72. The molecule has 2 heteroatoms. The molecule has 10 heavy (non-hydrogen) atoms. The van der Waals surface area contributed by atoms with Crippen molar-refractivity contribution in [2.45, 2.75) is 6.42 Å². The highest BCUT2D eigenvalue weighted by molar-refractivity contribution is 5.32.